The summed E-state index contributed by atoms with van der Waals surface area (Å²) in [6.45, 7) is 3.00. The minimum absolute atomic E-state index is 0.189. The molecule has 0 saturated heterocycles. The van der Waals surface area contributed by atoms with Crippen LogP contribution in [0, 0.1) is 5.92 Å². The second-order valence-electron chi connectivity index (χ2n) is 3.25. The van der Waals surface area contributed by atoms with Gasteiger partial charge in [-0.1, -0.05) is 13.3 Å². The summed E-state index contributed by atoms with van der Waals surface area (Å²) in [6, 6.07) is 0. The van der Waals surface area contributed by atoms with Gasteiger partial charge in [-0.3, -0.25) is 0 Å². The van der Waals surface area contributed by atoms with Gasteiger partial charge in [0, 0.05) is 25.4 Å². The first-order chi connectivity index (χ1) is 6.70. The highest BCUT2D eigenvalue weighted by Crippen LogP contribution is 2.08. The van der Waals surface area contributed by atoms with Gasteiger partial charge in [0.1, 0.15) is 0 Å². The molecule has 0 aliphatic heterocycles. The van der Waals surface area contributed by atoms with Gasteiger partial charge in [-0.25, -0.2) is 4.79 Å². The lowest BCUT2D eigenvalue weighted by molar-refractivity contribution is -0.131. The summed E-state index contributed by atoms with van der Waals surface area (Å²) in [6.07, 6.45) is 5.40. The van der Waals surface area contributed by atoms with Crippen molar-refractivity contribution in [2.45, 2.75) is 26.2 Å². The minimum Gasteiger partial charge on any atom is -0.478 e. The van der Waals surface area contributed by atoms with Crippen molar-refractivity contribution in [2.75, 3.05) is 13.2 Å². The Morgan fingerprint density at radius 2 is 2.21 bits per heavy atom. The zero-order valence-corrected chi connectivity index (χ0v) is 8.57. The van der Waals surface area contributed by atoms with E-state index in [9.17, 15) is 4.79 Å². The number of aliphatic hydroxyl groups excluding tert-OH is 1. The van der Waals surface area contributed by atoms with E-state index in [1.807, 2.05) is 0 Å². The second kappa shape index (κ2) is 8.56. The summed E-state index contributed by atoms with van der Waals surface area (Å²) < 4.78 is 0. The van der Waals surface area contributed by atoms with Crippen molar-refractivity contribution in [3.8, 4) is 0 Å². The number of rotatable bonds is 8. The maximum absolute atomic E-state index is 10.1. The lowest BCUT2D eigenvalue weighted by Gasteiger charge is -2.14. The number of carbonyl (C=O) groups is 1. The van der Waals surface area contributed by atoms with Gasteiger partial charge >= 0.3 is 5.97 Å². The molecule has 0 heterocycles. The number of carboxylic acids is 1. The molecular formula is C10H19NO3. The normalized spacial score (nSPS) is 13.0. The maximum atomic E-state index is 10.1. The van der Waals surface area contributed by atoms with Crippen molar-refractivity contribution in [1.29, 1.82) is 0 Å². The van der Waals surface area contributed by atoms with Crippen molar-refractivity contribution in [2.24, 2.45) is 5.92 Å². The van der Waals surface area contributed by atoms with Gasteiger partial charge < -0.3 is 15.5 Å². The van der Waals surface area contributed by atoms with Gasteiger partial charge in [0.05, 0.1) is 0 Å². The molecule has 4 nitrogen and oxygen atoms in total. The highest BCUT2D eigenvalue weighted by molar-refractivity contribution is 5.79. The van der Waals surface area contributed by atoms with Crippen LogP contribution in [0.3, 0.4) is 0 Å². The molecule has 0 amide bonds. The van der Waals surface area contributed by atoms with Gasteiger partial charge in [0.25, 0.3) is 0 Å². The van der Waals surface area contributed by atoms with Crippen LogP contribution >= 0.6 is 0 Å². The van der Waals surface area contributed by atoms with Crippen molar-refractivity contribution >= 4 is 5.97 Å². The molecule has 0 aromatic heterocycles. The summed E-state index contributed by atoms with van der Waals surface area (Å²) >= 11 is 0. The molecule has 1 atom stereocenters. The lowest BCUT2D eigenvalue weighted by Crippen LogP contribution is -2.19. The van der Waals surface area contributed by atoms with E-state index in [1.54, 1.807) is 0 Å². The Bertz CT molecular complexity index is 174. The molecule has 0 aliphatic carbocycles. The first-order valence-electron chi connectivity index (χ1n) is 4.94. The molecule has 1 unspecified atom stereocenters. The SMILES string of the molecule is CCCC(CCO)CN/C=C/C(=O)O. The molecule has 3 N–H and O–H groups in total. The number of hydrogen-bond donors (Lipinski definition) is 3. The zero-order valence-electron chi connectivity index (χ0n) is 8.57. The predicted molar refractivity (Wildman–Crippen MR) is 54.9 cm³/mol. The molecule has 82 valence electrons. The molecule has 0 aliphatic rings. The van der Waals surface area contributed by atoms with E-state index in [4.69, 9.17) is 10.2 Å². The first-order valence-corrected chi connectivity index (χ1v) is 4.94. The molecule has 14 heavy (non-hydrogen) atoms. The number of hydrogen-bond acceptors (Lipinski definition) is 3. The lowest BCUT2D eigenvalue weighted by atomic mass is 10.0. The largest absolute Gasteiger partial charge is 0.478 e. The Balaban J connectivity index is 3.64. The van der Waals surface area contributed by atoms with Crippen LogP contribution in [0.2, 0.25) is 0 Å². The summed E-state index contributed by atoms with van der Waals surface area (Å²) in [5.74, 6) is -0.532. The molecule has 0 saturated carbocycles. The predicted octanol–water partition coefficient (Wildman–Crippen LogP) is 0.973. The standard InChI is InChI=1S/C10H19NO3/c1-2-3-9(5-7-12)8-11-6-4-10(13)14/h4,6,9,11-12H,2-3,5,7-8H2,1H3,(H,13,14)/b6-4+. The summed E-state index contributed by atoms with van der Waals surface area (Å²) in [7, 11) is 0. The van der Waals surface area contributed by atoms with Crippen molar-refractivity contribution < 1.29 is 15.0 Å². The number of nitrogens with one attached hydrogen (secondary N) is 1. The van der Waals surface area contributed by atoms with Gasteiger partial charge in [-0.05, 0) is 18.8 Å². The highest BCUT2D eigenvalue weighted by atomic mass is 16.4. The Labute approximate surface area is 84.6 Å². The number of aliphatic hydroxyl groups is 1. The third kappa shape index (κ3) is 7.61. The number of carboxylic acid groups (broad SMARTS) is 1. The minimum atomic E-state index is -0.952. The van der Waals surface area contributed by atoms with E-state index in [0.29, 0.717) is 5.92 Å². The van der Waals surface area contributed by atoms with Gasteiger partial charge in [0.2, 0.25) is 0 Å². The van der Waals surface area contributed by atoms with Crippen LogP contribution in [0.5, 0.6) is 0 Å². The van der Waals surface area contributed by atoms with Crippen molar-refractivity contribution in [3.63, 3.8) is 0 Å². The third-order valence-electron chi connectivity index (χ3n) is 1.98. The van der Waals surface area contributed by atoms with Crippen LogP contribution in [0.4, 0.5) is 0 Å². The summed E-state index contributed by atoms with van der Waals surface area (Å²) in [4.78, 5) is 10.1. The molecule has 4 heteroatoms. The smallest absolute Gasteiger partial charge is 0.329 e. The highest BCUT2D eigenvalue weighted by Gasteiger charge is 2.04. The Hall–Kier alpha value is -1.03. The van der Waals surface area contributed by atoms with Crippen LogP contribution in [-0.2, 0) is 4.79 Å². The van der Waals surface area contributed by atoms with Gasteiger partial charge in [-0.2, -0.15) is 0 Å². The van der Waals surface area contributed by atoms with Crippen LogP contribution in [0.15, 0.2) is 12.3 Å². The van der Waals surface area contributed by atoms with E-state index >= 15 is 0 Å². The first kappa shape index (κ1) is 13.0. The van der Waals surface area contributed by atoms with Crippen LogP contribution in [-0.4, -0.2) is 29.3 Å². The molecule has 0 rings (SSSR count). The van der Waals surface area contributed by atoms with Crippen LogP contribution < -0.4 is 5.32 Å². The summed E-state index contributed by atoms with van der Waals surface area (Å²) in [5, 5.41) is 20.0. The fourth-order valence-electron chi connectivity index (χ4n) is 1.30. The van der Waals surface area contributed by atoms with Gasteiger partial charge in [0.15, 0.2) is 0 Å². The van der Waals surface area contributed by atoms with E-state index in [2.05, 4.69) is 12.2 Å². The van der Waals surface area contributed by atoms with Crippen LogP contribution in [0.25, 0.3) is 0 Å². The Kier molecular flexibility index (Phi) is 7.93. The van der Waals surface area contributed by atoms with E-state index in [0.717, 1.165) is 31.9 Å². The molecule has 0 aromatic carbocycles. The average molecular weight is 201 g/mol. The van der Waals surface area contributed by atoms with Crippen LogP contribution in [0.1, 0.15) is 26.2 Å². The molecule has 0 spiro atoms. The van der Waals surface area contributed by atoms with Gasteiger partial charge in [-0.15, -0.1) is 0 Å². The summed E-state index contributed by atoms with van der Waals surface area (Å²) in [5.41, 5.74) is 0. The zero-order chi connectivity index (χ0) is 10.8. The van der Waals surface area contributed by atoms with E-state index < -0.39 is 5.97 Å². The van der Waals surface area contributed by atoms with Crippen molar-refractivity contribution in [3.05, 3.63) is 12.3 Å². The molecular weight excluding hydrogens is 182 g/mol. The second-order valence-corrected chi connectivity index (χ2v) is 3.25. The number of aliphatic carboxylic acids is 1. The van der Waals surface area contributed by atoms with E-state index in [1.165, 1.54) is 6.20 Å². The molecule has 0 bridgehead atoms. The van der Waals surface area contributed by atoms with E-state index in [-0.39, 0.29) is 6.61 Å². The fraction of sp³-hybridized carbons (Fsp3) is 0.700. The Morgan fingerprint density at radius 1 is 1.50 bits per heavy atom. The quantitative estimate of drug-likeness (QED) is 0.512. The van der Waals surface area contributed by atoms with Crippen molar-refractivity contribution in [1.82, 2.24) is 5.32 Å². The Morgan fingerprint density at radius 3 is 2.71 bits per heavy atom. The fourth-order valence-corrected chi connectivity index (χ4v) is 1.30. The third-order valence-corrected chi connectivity index (χ3v) is 1.98. The average Bonchev–Trinajstić information content (AvgIpc) is 2.12. The monoisotopic (exact) mass is 201 g/mol. The maximum Gasteiger partial charge on any atom is 0.329 e. The molecule has 0 radical (unpaired) electrons. The topological polar surface area (TPSA) is 69.6 Å². The molecule has 0 fully saturated rings. The molecule has 0 aromatic rings.